The zero-order valence-corrected chi connectivity index (χ0v) is 9.88. The van der Waals surface area contributed by atoms with Crippen molar-refractivity contribution in [1.82, 2.24) is 0 Å². The number of benzene rings is 1. The first-order valence-electron chi connectivity index (χ1n) is 5.30. The third-order valence-corrected chi connectivity index (χ3v) is 2.28. The van der Waals surface area contributed by atoms with Gasteiger partial charge >= 0.3 is 5.97 Å². The van der Waals surface area contributed by atoms with Crippen LogP contribution in [0.4, 0.5) is 11.4 Å². The van der Waals surface area contributed by atoms with E-state index in [4.69, 9.17) is 9.84 Å². The maximum Gasteiger partial charge on any atom is 0.342 e. The predicted octanol–water partition coefficient (Wildman–Crippen LogP) is 1.74. The maximum atomic E-state index is 10.9. The predicted molar refractivity (Wildman–Crippen MR) is 65.0 cm³/mol. The average molecular weight is 254 g/mol. The average Bonchev–Trinajstić information content (AvgIpc) is 2.34. The van der Waals surface area contributed by atoms with Gasteiger partial charge in [-0.05, 0) is 18.6 Å². The molecule has 18 heavy (non-hydrogen) atoms. The largest absolute Gasteiger partial charge is 0.477 e. The van der Waals surface area contributed by atoms with Crippen molar-refractivity contribution in [2.45, 2.75) is 6.42 Å². The summed E-state index contributed by atoms with van der Waals surface area (Å²) in [5.74, 6) is -1.32. The second kappa shape index (κ2) is 6.55. The lowest BCUT2D eigenvalue weighted by Gasteiger charge is -2.07. The molecule has 0 radical (unpaired) electrons. The first-order chi connectivity index (χ1) is 8.56. The summed E-state index contributed by atoms with van der Waals surface area (Å²) in [5.41, 5.74) is -0.198. The number of rotatable bonds is 7. The second-order valence-electron chi connectivity index (χ2n) is 3.57. The van der Waals surface area contributed by atoms with Crippen LogP contribution in [0.5, 0.6) is 0 Å². The summed E-state index contributed by atoms with van der Waals surface area (Å²) in [4.78, 5) is 20.8. The minimum atomic E-state index is -1.32. The van der Waals surface area contributed by atoms with Crippen LogP contribution < -0.4 is 5.32 Å². The third kappa shape index (κ3) is 3.70. The van der Waals surface area contributed by atoms with Crippen LogP contribution in [0.3, 0.4) is 0 Å². The van der Waals surface area contributed by atoms with Crippen LogP contribution in [0.25, 0.3) is 0 Å². The highest BCUT2D eigenvalue weighted by Crippen LogP contribution is 2.22. The van der Waals surface area contributed by atoms with E-state index in [-0.39, 0.29) is 5.56 Å². The summed E-state index contributed by atoms with van der Waals surface area (Å²) in [6.45, 7) is 1.19. The number of nitrogens with zero attached hydrogens (tertiary/aromatic N) is 1. The molecule has 0 fully saturated rings. The van der Waals surface area contributed by atoms with E-state index in [0.29, 0.717) is 18.8 Å². The Balaban J connectivity index is 2.80. The SMILES string of the molecule is COCCCNc1ccc([N+](=O)[O-])c(C(=O)O)c1. The van der Waals surface area contributed by atoms with Gasteiger partial charge < -0.3 is 15.2 Å². The van der Waals surface area contributed by atoms with Gasteiger partial charge in [0.25, 0.3) is 5.69 Å². The number of anilines is 1. The molecule has 0 heterocycles. The number of carboxylic acids is 1. The number of nitrogens with one attached hydrogen (secondary N) is 1. The molecule has 0 spiro atoms. The molecule has 7 nitrogen and oxygen atoms in total. The van der Waals surface area contributed by atoms with E-state index in [1.807, 2.05) is 0 Å². The summed E-state index contributed by atoms with van der Waals surface area (Å²) in [5, 5.41) is 22.5. The lowest BCUT2D eigenvalue weighted by Crippen LogP contribution is -2.07. The molecule has 1 rings (SSSR count). The highest BCUT2D eigenvalue weighted by Gasteiger charge is 2.19. The first-order valence-corrected chi connectivity index (χ1v) is 5.30. The number of hydrogen-bond donors (Lipinski definition) is 2. The Morgan fingerprint density at radius 1 is 1.56 bits per heavy atom. The van der Waals surface area contributed by atoms with E-state index in [2.05, 4.69) is 5.32 Å². The first kappa shape index (κ1) is 13.9. The molecule has 7 heteroatoms. The summed E-state index contributed by atoms with van der Waals surface area (Å²) in [6.07, 6.45) is 0.760. The Morgan fingerprint density at radius 3 is 2.83 bits per heavy atom. The van der Waals surface area contributed by atoms with Crippen LogP contribution in [0.15, 0.2) is 18.2 Å². The van der Waals surface area contributed by atoms with Gasteiger partial charge in [-0.15, -0.1) is 0 Å². The summed E-state index contributed by atoms with van der Waals surface area (Å²) in [6, 6.07) is 3.92. The monoisotopic (exact) mass is 254 g/mol. The van der Waals surface area contributed by atoms with E-state index in [9.17, 15) is 14.9 Å². The van der Waals surface area contributed by atoms with E-state index in [0.717, 1.165) is 6.42 Å². The van der Waals surface area contributed by atoms with Crippen molar-refractivity contribution in [3.05, 3.63) is 33.9 Å². The fourth-order valence-electron chi connectivity index (χ4n) is 1.43. The third-order valence-electron chi connectivity index (χ3n) is 2.28. The van der Waals surface area contributed by atoms with Crippen molar-refractivity contribution in [3.63, 3.8) is 0 Å². The molecule has 0 aromatic heterocycles. The van der Waals surface area contributed by atoms with Crippen LogP contribution in [-0.4, -0.2) is 36.3 Å². The van der Waals surface area contributed by atoms with Crippen molar-refractivity contribution in [2.24, 2.45) is 0 Å². The minimum Gasteiger partial charge on any atom is -0.477 e. The minimum absolute atomic E-state index is 0.322. The maximum absolute atomic E-state index is 10.9. The topological polar surface area (TPSA) is 102 Å². The van der Waals surface area contributed by atoms with Gasteiger partial charge in [0.2, 0.25) is 0 Å². The van der Waals surface area contributed by atoms with E-state index in [1.54, 1.807) is 7.11 Å². The van der Waals surface area contributed by atoms with Crippen LogP contribution >= 0.6 is 0 Å². The summed E-state index contributed by atoms with van der Waals surface area (Å²) >= 11 is 0. The molecule has 1 aromatic carbocycles. The molecule has 0 aliphatic heterocycles. The lowest BCUT2D eigenvalue weighted by atomic mass is 10.1. The molecule has 0 aliphatic carbocycles. The number of carbonyl (C=O) groups is 1. The highest BCUT2D eigenvalue weighted by atomic mass is 16.6. The number of nitro groups is 1. The normalized spacial score (nSPS) is 10.1. The molecule has 2 N–H and O–H groups in total. The van der Waals surface area contributed by atoms with Crippen LogP contribution in [-0.2, 0) is 4.74 Å². The number of nitro benzene ring substituents is 1. The molecule has 0 bridgehead atoms. The highest BCUT2D eigenvalue weighted by molar-refractivity contribution is 5.93. The van der Waals surface area contributed by atoms with E-state index < -0.39 is 16.6 Å². The number of ether oxygens (including phenoxy) is 1. The molecule has 0 saturated heterocycles. The van der Waals surface area contributed by atoms with Gasteiger partial charge in [0.15, 0.2) is 0 Å². The van der Waals surface area contributed by atoms with Gasteiger partial charge in [-0.3, -0.25) is 10.1 Å². The van der Waals surface area contributed by atoms with Crippen LogP contribution in [0.1, 0.15) is 16.8 Å². The molecule has 0 aliphatic rings. The van der Waals surface area contributed by atoms with Gasteiger partial charge in [-0.1, -0.05) is 0 Å². The van der Waals surface area contributed by atoms with Crippen molar-refractivity contribution >= 4 is 17.3 Å². The van der Waals surface area contributed by atoms with Crippen LogP contribution in [0.2, 0.25) is 0 Å². The number of methoxy groups -OCH3 is 1. The Kier molecular flexibility index (Phi) is 5.06. The van der Waals surface area contributed by atoms with E-state index in [1.165, 1.54) is 18.2 Å². The molecule has 0 amide bonds. The molecular weight excluding hydrogens is 240 g/mol. The van der Waals surface area contributed by atoms with Crippen molar-refractivity contribution < 1.29 is 19.6 Å². The fraction of sp³-hybridized carbons (Fsp3) is 0.364. The van der Waals surface area contributed by atoms with Crippen LogP contribution in [0, 0.1) is 10.1 Å². The zero-order chi connectivity index (χ0) is 13.5. The Morgan fingerprint density at radius 2 is 2.28 bits per heavy atom. The Labute approximate surface area is 104 Å². The number of carboxylic acid groups (broad SMARTS) is 1. The molecule has 0 atom stereocenters. The molecule has 98 valence electrons. The Hall–Kier alpha value is -2.15. The van der Waals surface area contributed by atoms with Crippen molar-refractivity contribution in [2.75, 3.05) is 25.6 Å². The smallest absolute Gasteiger partial charge is 0.342 e. The van der Waals surface area contributed by atoms with E-state index >= 15 is 0 Å². The van der Waals surface area contributed by atoms with Gasteiger partial charge in [0, 0.05) is 32.0 Å². The fourth-order valence-corrected chi connectivity index (χ4v) is 1.43. The van der Waals surface area contributed by atoms with Gasteiger partial charge in [-0.25, -0.2) is 4.79 Å². The van der Waals surface area contributed by atoms with Crippen molar-refractivity contribution in [1.29, 1.82) is 0 Å². The van der Waals surface area contributed by atoms with Crippen molar-refractivity contribution in [3.8, 4) is 0 Å². The van der Waals surface area contributed by atoms with Gasteiger partial charge in [-0.2, -0.15) is 0 Å². The standard InChI is InChI=1S/C11H14N2O5/c1-18-6-2-5-12-8-3-4-10(13(16)17)9(7-8)11(14)15/h3-4,7,12H,2,5-6H2,1H3,(H,14,15). The molecule has 0 saturated carbocycles. The summed E-state index contributed by atoms with van der Waals surface area (Å²) in [7, 11) is 1.59. The van der Waals surface area contributed by atoms with Gasteiger partial charge in [0.05, 0.1) is 4.92 Å². The van der Waals surface area contributed by atoms with Gasteiger partial charge in [0.1, 0.15) is 5.56 Å². The quantitative estimate of drug-likeness (QED) is 0.436. The zero-order valence-electron chi connectivity index (χ0n) is 9.88. The lowest BCUT2D eigenvalue weighted by molar-refractivity contribution is -0.385. The second-order valence-corrected chi connectivity index (χ2v) is 3.57. The molecule has 1 aromatic rings. The molecule has 0 unspecified atom stereocenters. The summed E-state index contributed by atoms with van der Waals surface area (Å²) < 4.78 is 4.87. The number of aromatic carboxylic acids is 1. The molecular formula is C11H14N2O5. The number of hydrogen-bond acceptors (Lipinski definition) is 5. The Bertz CT molecular complexity index is 447.